The van der Waals surface area contributed by atoms with E-state index in [-0.39, 0.29) is 22.8 Å². The van der Waals surface area contributed by atoms with Gasteiger partial charge in [-0.05, 0) is 53.2 Å². The zero-order valence-electron chi connectivity index (χ0n) is 17.8. The van der Waals surface area contributed by atoms with Crippen molar-refractivity contribution in [2.24, 2.45) is 0 Å². The van der Waals surface area contributed by atoms with Gasteiger partial charge in [0.05, 0.1) is 6.61 Å². The number of ketones is 1. The first-order valence-corrected chi connectivity index (χ1v) is 12.5. The Hall–Kier alpha value is -1.78. The Morgan fingerprint density at radius 2 is 1.52 bits per heavy atom. The number of rotatable bonds is 7. The van der Waals surface area contributed by atoms with Crippen LogP contribution in [-0.4, -0.2) is 25.7 Å². The lowest BCUT2D eigenvalue weighted by Crippen LogP contribution is -2.44. The van der Waals surface area contributed by atoms with Crippen molar-refractivity contribution in [1.82, 2.24) is 4.98 Å². The first-order chi connectivity index (χ1) is 12.4. The molecule has 0 spiro atoms. The molecule has 0 atom stereocenters. The zero-order valence-corrected chi connectivity index (χ0v) is 18.8. The maximum Gasteiger partial charge on any atom is 0.193 e. The highest BCUT2D eigenvalue weighted by atomic mass is 28.4. The predicted octanol–water partition coefficient (Wildman–Crippen LogP) is 5.81. The van der Waals surface area contributed by atoms with Crippen molar-refractivity contribution in [2.45, 2.75) is 64.6 Å². The van der Waals surface area contributed by atoms with Gasteiger partial charge in [-0.15, -0.1) is 0 Å². The Balaban J connectivity index is 2.02. The van der Waals surface area contributed by atoms with E-state index in [1.54, 1.807) is 0 Å². The van der Waals surface area contributed by atoms with Crippen LogP contribution in [0.25, 0.3) is 0 Å². The summed E-state index contributed by atoms with van der Waals surface area (Å²) in [6.45, 7) is 15.5. The van der Waals surface area contributed by atoms with Crippen LogP contribution in [0.3, 0.4) is 0 Å². The second-order valence-corrected chi connectivity index (χ2v) is 14.1. The average Bonchev–Trinajstić information content (AvgIpc) is 2.59. The summed E-state index contributed by atoms with van der Waals surface area (Å²) in [6.07, 6.45) is 4.57. The fourth-order valence-electron chi connectivity index (χ4n) is 2.90. The van der Waals surface area contributed by atoms with Gasteiger partial charge in [-0.25, -0.2) is 0 Å². The standard InChI is InChI=1S/C23H33NO2Si/c1-22(2,3)20-10-8-19(9-11-20)21(25)17-26-27(6,7)23(4,5)16-18-12-14-24-15-13-18/h8-15H,16-17H2,1-7H3. The van der Waals surface area contributed by atoms with E-state index >= 15 is 0 Å². The van der Waals surface area contributed by atoms with E-state index < -0.39 is 8.32 Å². The van der Waals surface area contributed by atoms with Gasteiger partial charge >= 0.3 is 0 Å². The highest BCUT2D eigenvalue weighted by molar-refractivity contribution is 6.74. The molecule has 2 aromatic rings. The van der Waals surface area contributed by atoms with E-state index in [2.05, 4.69) is 52.7 Å². The van der Waals surface area contributed by atoms with Gasteiger partial charge in [0.1, 0.15) is 0 Å². The van der Waals surface area contributed by atoms with Crippen molar-refractivity contribution in [3.05, 3.63) is 65.5 Å². The maximum absolute atomic E-state index is 12.6. The molecule has 0 aliphatic carbocycles. The van der Waals surface area contributed by atoms with Crippen molar-refractivity contribution in [3.63, 3.8) is 0 Å². The molecule has 0 aliphatic rings. The first-order valence-electron chi connectivity index (χ1n) is 9.59. The van der Waals surface area contributed by atoms with Crippen LogP contribution in [-0.2, 0) is 16.3 Å². The third-order valence-electron chi connectivity index (χ3n) is 5.66. The summed E-state index contributed by atoms with van der Waals surface area (Å²) >= 11 is 0. The van der Waals surface area contributed by atoms with Gasteiger partial charge in [-0.3, -0.25) is 9.78 Å². The van der Waals surface area contributed by atoms with Crippen LogP contribution in [0.4, 0.5) is 0 Å². The first kappa shape index (κ1) is 21.5. The number of pyridine rings is 1. The molecule has 0 fully saturated rings. The molecule has 3 nitrogen and oxygen atoms in total. The normalized spacial score (nSPS) is 12.9. The topological polar surface area (TPSA) is 39.2 Å². The lowest BCUT2D eigenvalue weighted by molar-refractivity contribution is 0.0910. The number of carbonyl (C=O) groups excluding carboxylic acids is 1. The molecule has 1 heterocycles. The predicted molar refractivity (Wildman–Crippen MR) is 115 cm³/mol. The highest BCUT2D eigenvalue weighted by Crippen LogP contribution is 2.41. The van der Waals surface area contributed by atoms with Crippen LogP contribution >= 0.6 is 0 Å². The Labute approximate surface area is 165 Å². The van der Waals surface area contributed by atoms with Crippen LogP contribution in [0.1, 0.15) is 56.1 Å². The summed E-state index contributed by atoms with van der Waals surface area (Å²) in [4.78, 5) is 16.7. The van der Waals surface area contributed by atoms with Crippen LogP contribution in [0.15, 0.2) is 48.8 Å². The lowest BCUT2D eigenvalue weighted by atomic mass is 9.86. The summed E-state index contributed by atoms with van der Waals surface area (Å²) in [6, 6.07) is 12.0. The molecule has 4 heteroatoms. The number of benzene rings is 1. The summed E-state index contributed by atoms with van der Waals surface area (Å²) in [5, 5.41) is 0.00469. The molecule has 27 heavy (non-hydrogen) atoms. The minimum Gasteiger partial charge on any atom is -0.409 e. The van der Waals surface area contributed by atoms with Gasteiger partial charge in [0.25, 0.3) is 0 Å². The molecule has 0 amide bonds. The second-order valence-electron chi connectivity index (χ2n) is 9.47. The molecule has 146 valence electrons. The van der Waals surface area contributed by atoms with Crippen molar-refractivity contribution >= 4 is 14.1 Å². The van der Waals surface area contributed by atoms with Gasteiger partial charge in [0.15, 0.2) is 14.1 Å². The molecule has 1 aromatic heterocycles. The highest BCUT2D eigenvalue weighted by Gasteiger charge is 2.41. The van der Waals surface area contributed by atoms with E-state index in [1.807, 2.05) is 48.8 Å². The molecule has 0 saturated carbocycles. The average molecular weight is 384 g/mol. The Bertz CT molecular complexity index is 759. The van der Waals surface area contributed by atoms with Crippen molar-refractivity contribution < 1.29 is 9.22 Å². The van der Waals surface area contributed by atoms with Gasteiger partial charge < -0.3 is 4.43 Å². The van der Waals surface area contributed by atoms with Gasteiger partial charge in [0.2, 0.25) is 0 Å². The molecule has 0 unspecified atom stereocenters. The van der Waals surface area contributed by atoms with E-state index in [9.17, 15) is 4.79 Å². The molecule has 0 N–H and O–H groups in total. The number of hydrogen-bond acceptors (Lipinski definition) is 3. The van der Waals surface area contributed by atoms with Gasteiger partial charge in [-0.2, -0.15) is 0 Å². The van der Waals surface area contributed by atoms with Crippen molar-refractivity contribution in [2.75, 3.05) is 6.61 Å². The number of hydrogen-bond donors (Lipinski definition) is 0. The van der Waals surface area contributed by atoms with Crippen LogP contribution in [0.2, 0.25) is 18.1 Å². The fraction of sp³-hybridized carbons (Fsp3) is 0.478. The Kier molecular flexibility index (Phi) is 6.43. The maximum atomic E-state index is 12.6. The molecule has 1 aromatic carbocycles. The SMILES string of the molecule is CC(C)(C)c1ccc(C(=O)CO[Si](C)(C)C(C)(C)Cc2ccncc2)cc1. The number of Topliss-reactive ketones (excluding diaryl/α,β-unsaturated/α-hetero) is 1. The summed E-state index contributed by atoms with van der Waals surface area (Å²) in [5.41, 5.74) is 3.29. The zero-order chi connectivity index (χ0) is 20.3. The largest absolute Gasteiger partial charge is 0.409 e. The third-order valence-corrected chi connectivity index (χ3v) is 9.96. The van der Waals surface area contributed by atoms with Gasteiger partial charge in [-0.1, -0.05) is 58.9 Å². The summed E-state index contributed by atoms with van der Waals surface area (Å²) < 4.78 is 6.25. The fourth-order valence-corrected chi connectivity index (χ4v) is 4.42. The van der Waals surface area contributed by atoms with Crippen molar-refractivity contribution in [3.8, 4) is 0 Å². The minimum absolute atomic E-state index is 0.00469. The third kappa shape index (κ3) is 5.60. The number of nitrogens with zero attached hydrogens (tertiary/aromatic N) is 1. The summed E-state index contributed by atoms with van der Waals surface area (Å²) in [7, 11) is -2.09. The summed E-state index contributed by atoms with van der Waals surface area (Å²) in [5.74, 6) is 0.0516. The lowest BCUT2D eigenvalue weighted by Gasteiger charge is -2.39. The molecular formula is C23H33NO2Si. The molecular weight excluding hydrogens is 350 g/mol. The monoisotopic (exact) mass is 383 g/mol. The second kappa shape index (κ2) is 8.07. The molecule has 2 rings (SSSR count). The quantitative estimate of drug-likeness (QED) is 0.447. The minimum atomic E-state index is -2.09. The molecule has 0 aliphatic heterocycles. The number of aromatic nitrogens is 1. The Morgan fingerprint density at radius 1 is 0.963 bits per heavy atom. The van der Waals surface area contributed by atoms with Crippen molar-refractivity contribution in [1.29, 1.82) is 0 Å². The van der Waals surface area contributed by atoms with Gasteiger partial charge in [0, 0.05) is 18.0 Å². The van der Waals surface area contributed by atoms with E-state index in [1.165, 1.54) is 11.1 Å². The molecule has 0 radical (unpaired) electrons. The number of carbonyl (C=O) groups is 1. The van der Waals surface area contributed by atoms with E-state index in [0.29, 0.717) is 0 Å². The van der Waals surface area contributed by atoms with E-state index in [4.69, 9.17) is 4.43 Å². The van der Waals surface area contributed by atoms with E-state index in [0.717, 1.165) is 12.0 Å². The molecule has 0 bridgehead atoms. The molecule has 0 saturated heterocycles. The van der Waals surface area contributed by atoms with Crippen LogP contribution < -0.4 is 0 Å². The smallest absolute Gasteiger partial charge is 0.193 e. The van der Waals surface area contributed by atoms with Crippen LogP contribution in [0.5, 0.6) is 0 Å². The van der Waals surface area contributed by atoms with Crippen LogP contribution in [0, 0.1) is 0 Å². The Morgan fingerprint density at radius 3 is 2.04 bits per heavy atom.